The van der Waals surface area contributed by atoms with Crippen LogP contribution in [0.5, 0.6) is 0 Å². The SMILES string of the molecule is CCOC(C)(C)CNC(=O)C1C=CC(N)C1. The number of amides is 1. The Labute approximate surface area is 97.2 Å². The first-order valence-electron chi connectivity index (χ1n) is 5.80. The van der Waals surface area contributed by atoms with E-state index in [-0.39, 0.29) is 23.5 Å². The van der Waals surface area contributed by atoms with Crippen molar-refractivity contribution in [2.24, 2.45) is 11.7 Å². The molecule has 1 aliphatic carbocycles. The first kappa shape index (κ1) is 13.2. The number of rotatable bonds is 5. The zero-order chi connectivity index (χ0) is 12.2. The van der Waals surface area contributed by atoms with E-state index in [1.165, 1.54) is 0 Å². The average molecular weight is 226 g/mol. The number of nitrogens with one attached hydrogen (secondary N) is 1. The average Bonchev–Trinajstić information content (AvgIpc) is 2.61. The molecule has 0 bridgehead atoms. The summed E-state index contributed by atoms with van der Waals surface area (Å²) in [5.74, 6) is -0.0376. The minimum atomic E-state index is -0.311. The Morgan fingerprint density at radius 1 is 1.56 bits per heavy atom. The van der Waals surface area contributed by atoms with Crippen molar-refractivity contribution in [2.45, 2.75) is 38.8 Å². The van der Waals surface area contributed by atoms with Gasteiger partial charge in [-0.05, 0) is 27.2 Å². The highest BCUT2D eigenvalue weighted by atomic mass is 16.5. The van der Waals surface area contributed by atoms with Crippen molar-refractivity contribution in [2.75, 3.05) is 13.2 Å². The molecule has 92 valence electrons. The van der Waals surface area contributed by atoms with Crippen LogP contribution in [0, 0.1) is 5.92 Å². The maximum absolute atomic E-state index is 11.8. The fourth-order valence-corrected chi connectivity index (χ4v) is 1.79. The van der Waals surface area contributed by atoms with Crippen molar-refractivity contribution < 1.29 is 9.53 Å². The van der Waals surface area contributed by atoms with E-state index >= 15 is 0 Å². The Bertz CT molecular complexity index is 274. The molecule has 16 heavy (non-hydrogen) atoms. The van der Waals surface area contributed by atoms with E-state index in [0.29, 0.717) is 19.6 Å². The summed E-state index contributed by atoms with van der Waals surface area (Å²) in [6.07, 6.45) is 4.48. The van der Waals surface area contributed by atoms with Crippen LogP contribution in [0.4, 0.5) is 0 Å². The van der Waals surface area contributed by atoms with Crippen LogP contribution in [-0.4, -0.2) is 30.7 Å². The number of hydrogen-bond acceptors (Lipinski definition) is 3. The summed E-state index contributed by atoms with van der Waals surface area (Å²) in [5.41, 5.74) is 5.39. The molecule has 0 saturated heterocycles. The van der Waals surface area contributed by atoms with E-state index in [0.717, 1.165) is 0 Å². The highest BCUT2D eigenvalue weighted by Crippen LogP contribution is 2.16. The second kappa shape index (κ2) is 5.46. The van der Waals surface area contributed by atoms with Gasteiger partial charge in [0.2, 0.25) is 5.91 Å². The maximum atomic E-state index is 11.8. The van der Waals surface area contributed by atoms with E-state index in [2.05, 4.69) is 5.32 Å². The van der Waals surface area contributed by atoms with Crippen LogP contribution in [0.25, 0.3) is 0 Å². The largest absolute Gasteiger partial charge is 0.374 e. The molecule has 0 radical (unpaired) electrons. The van der Waals surface area contributed by atoms with Gasteiger partial charge in [-0.2, -0.15) is 0 Å². The van der Waals surface area contributed by atoms with Gasteiger partial charge in [-0.25, -0.2) is 0 Å². The molecule has 2 atom stereocenters. The van der Waals surface area contributed by atoms with Crippen molar-refractivity contribution in [3.8, 4) is 0 Å². The molecule has 0 aromatic carbocycles. The topological polar surface area (TPSA) is 64.3 Å². The van der Waals surface area contributed by atoms with E-state index in [1.807, 2.05) is 32.9 Å². The summed E-state index contributed by atoms with van der Waals surface area (Å²) in [6.45, 7) is 7.05. The molecular formula is C12H22N2O2. The number of carbonyl (C=O) groups excluding carboxylic acids is 1. The van der Waals surface area contributed by atoms with Crippen molar-refractivity contribution in [3.05, 3.63) is 12.2 Å². The van der Waals surface area contributed by atoms with Crippen LogP contribution in [0.1, 0.15) is 27.2 Å². The number of ether oxygens (including phenoxy) is 1. The van der Waals surface area contributed by atoms with Crippen LogP contribution in [0.3, 0.4) is 0 Å². The molecule has 0 saturated carbocycles. The van der Waals surface area contributed by atoms with Gasteiger partial charge in [-0.3, -0.25) is 4.79 Å². The monoisotopic (exact) mass is 226 g/mol. The van der Waals surface area contributed by atoms with E-state index in [9.17, 15) is 4.79 Å². The Morgan fingerprint density at radius 3 is 2.75 bits per heavy atom. The smallest absolute Gasteiger partial charge is 0.227 e. The molecule has 0 fully saturated rings. The standard InChI is InChI=1S/C12H22N2O2/c1-4-16-12(2,3)8-14-11(15)9-5-6-10(13)7-9/h5-6,9-10H,4,7-8,13H2,1-3H3,(H,14,15). The van der Waals surface area contributed by atoms with Crippen LogP contribution in [-0.2, 0) is 9.53 Å². The second-order valence-corrected chi connectivity index (χ2v) is 4.80. The van der Waals surface area contributed by atoms with Crippen LogP contribution in [0.2, 0.25) is 0 Å². The van der Waals surface area contributed by atoms with Crippen molar-refractivity contribution in [1.82, 2.24) is 5.32 Å². The molecule has 0 aliphatic heterocycles. The number of carbonyl (C=O) groups is 1. The summed E-state index contributed by atoms with van der Waals surface area (Å²) >= 11 is 0. The van der Waals surface area contributed by atoms with Gasteiger partial charge in [0.1, 0.15) is 0 Å². The van der Waals surface area contributed by atoms with E-state index < -0.39 is 0 Å². The van der Waals surface area contributed by atoms with Crippen LogP contribution < -0.4 is 11.1 Å². The Balaban J connectivity index is 2.33. The molecule has 1 rings (SSSR count). The van der Waals surface area contributed by atoms with Gasteiger partial charge >= 0.3 is 0 Å². The first-order chi connectivity index (χ1) is 7.44. The lowest BCUT2D eigenvalue weighted by Gasteiger charge is -2.25. The van der Waals surface area contributed by atoms with Gasteiger partial charge in [-0.15, -0.1) is 0 Å². The minimum Gasteiger partial charge on any atom is -0.374 e. The minimum absolute atomic E-state index is 0.0238. The van der Waals surface area contributed by atoms with Crippen LogP contribution in [0.15, 0.2) is 12.2 Å². The molecule has 2 unspecified atom stereocenters. The molecule has 1 amide bonds. The van der Waals surface area contributed by atoms with Crippen molar-refractivity contribution in [1.29, 1.82) is 0 Å². The quantitative estimate of drug-likeness (QED) is 0.682. The third kappa shape index (κ3) is 3.94. The lowest BCUT2D eigenvalue weighted by molar-refractivity contribution is -0.125. The normalized spacial score (nSPS) is 24.8. The predicted molar refractivity (Wildman–Crippen MR) is 63.9 cm³/mol. The third-order valence-corrected chi connectivity index (χ3v) is 2.68. The van der Waals surface area contributed by atoms with Gasteiger partial charge in [0.25, 0.3) is 0 Å². The van der Waals surface area contributed by atoms with E-state index in [1.54, 1.807) is 0 Å². The third-order valence-electron chi connectivity index (χ3n) is 2.68. The highest BCUT2D eigenvalue weighted by Gasteiger charge is 2.25. The van der Waals surface area contributed by atoms with Gasteiger partial charge in [-0.1, -0.05) is 12.2 Å². The van der Waals surface area contributed by atoms with Crippen molar-refractivity contribution in [3.63, 3.8) is 0 Å². The molecule has 0 spiro atoms. The Morgan fingerprint density at radius 2 is 2.25 bits per heavy atom. The zero-order valence-electron chi connectivity index (χ0n) is 10.3. The predicted octanol–water partition coefficient (Wildman–Crippen LogP) is 0.821. The van der Waals surface area contributed by atoms with Crippen LogP contribution >= 0.6 is 0 Å². The first-order valence-corrected chi connectivity index (χ1v) is 5.80. The number of nitrogens with two attached hydrogens (primary N) is 1. The molecule has 4 heteroatoms. The Hall–Kier alpha value is -0.870. The Kier molecular flexibility index (Phi) is 4.50. The lowest BCUT2D eigenvalue weighted by Crippen LogP contribution is -2.42. The summed E-state index contributed by atoms with van der Waals surface area (Å²) < 4.78 is 5.51. The zero-order valence-corrected chi connectivity index (χ0v) is 10.3. The highest BCUT2D eigenvalue weighted by molar-refractivity contribution is 5.81. The molecule has 0 heterocycles. The summed E-state index contributed by atoms with van der Waals surface area (Å²) in [5, 5.41) is 2.90. The van der Waals surface area contributed by atoms with Crippen molar-refractivity contribution >= 4 is 5.91 Å². The van der Waals surface area contributed by atoms with E-state index in [4.69, 9.17) is 10.5 Å². The molecular weight excluding hydrogens is 204 g/mol. The molecule has 0 aromatic rings. The summed E-state index contributed by atoms with van der Waals surface area (Å²) in [6, 6.07) is 0.0238. The van der Waals surface area contributed by atoms with Gasteiger partial charge in [0.05, 0.1) is 11.5 Å². The molecule has 0 aromatic heterocycles. The molecule has 1 aliphatic rings. The van der Waals surface area contributed by atoms with Gasteiger partial charge < -0.3 is 15.8 Å². The number of hydrogen-bond donors (Lipinski definition) is 2. The fourth-order valence-electron chi connectivity index (χ4n) is 1.79. The lowest BCUT2D eigenvalue weighted by atomic mass is 10.1. The summed E-state index contributed by atoms with van der Waals surface area (Å²) in [4.78, 5) is 11.8. The summed E-state index contributed by atoms with van der Waals surface area (Å²) in [7, 11) is 0. The van der Waals surface area contributed by atoms with Gasteiger partial charge in [0.15, 0.2) is 0 Å². The maximum Gasteiger partial charge on any atom is 0.227 e. The molecule has 3 N–H and O–H groups in total. The second-order valence-electron chi connectivity index (χ2n) is 4.80. The van der Waals surface area contributed by atoms with Gasteiger partial charge in [0, 0.05) is 19.2 Å². The molecule has 4 nitrogen and oxygen atoms in total. The fraction of sp³-hybridized carbons (Fsp3) is 0.750.